The minimum Gasteiger partial charge on any atom is -0.396 e. The fourth-order valence-corrected chi connectivity index (χ4v) is 3.49. The summed E-state index contributed by atoms with van der Waals surface area (Å²) in [6, 6.07) is 4.26. The predicted octanol–water partition coefficient (Wildman–Crippen LogP) is 0.623. The smallest absolute Gasteiger partial charge is 0.317 e. The summed E-state index contributed by atoms with van der Waals surface area (Å²) in [6.45, 7) is 1.07. The molecule has 0 radical (unpaired) electrons. The highest BCUT2D eigenvalue weighted by molar-refractivity contribution is 7.91. The van der Waals surface area contributed by atoms with Crippen molar-refractivity contribution in [2.75, 3.05) is 32.0 Å². The van der Waals surface area contributed by atoms with Crippen LogP contribution in [0.2, 0.25) is 0 Å². The van der Waals surface area contributed by atoms with E-state index in [9.17, 15) is 17.6 Å². The molecule has 0 spiro atoms. The number of amides is 2. The Morgan fingerprint density at radius 3 is 2.64 bits per heavy atom. The number of aliphatic hydroxyl groups excluding tert-OH is 1. The molecule has 1 saturated heterocycles. The number of aliphatic hydroxyl groups is 1. The zero-order chi connectivity index (χ0) is 16.2. The summed E-state index contributed by atoms with van der Waals surface area (Å²) in [5.74, 6) is -0.657. The maximum atomic E-state index is 12.8. The molecule has 1 fully saturated rings. The Kier molecular flexibility index (Phi) is 5.36. The van der Waals surface area contributed by atoms with Gasteiger partial charge in [-0.3, -0.25) is 0 Å². The molecule has 1 aliphatic heterocycles. The number of likely N-dealkylation sites (tertiary alicyclic amines) is 1. The van der Waals surface area contributed by atoms with Crippen LogP contribution >= 0.6 is 0 Å². The fourth-order valence-electron chi connectivity index (χ4n) is 2.33. The summed E-state index contributed by atoms with van der Waals surface area (Å²) in [4.78, 5) is 13.5. The van der Waals surface area contributed by atoms with Crippen molar-refractivity contribution in [1.82, 2.24) is 10.2 Å². The van der Waals surface area contributed by atoms with Crippen LogP contribution in [-0.4, -0.2) is 56.4 Å². The number of halogens is 1. The van der Waals surface area contributed by atoms with Crippen LogP contribution in [0.5, 0.6) is 0 Å². The number of carbonyl (C=O) groups excluding carboxylic acids is 1. The van der Waals surface area contributed by atoms with Crippen molar-refractivity contribution in [1.29, 1.82) is 0 Å². The second kappa shape index (κ2) is 7.06. The van der Waals surface area contributed by atoms with Crippen LogP contribution in [0.3, 0.4) is 0 Å². The molecule has 0 saturated carbocycles. The second-order valence-electron chi connectivity index (χ2n) is 5.29. The van der Waals surface area contributed by atoms with E-state index < -0.39 is 15.7 Å². The average molecular weight is 330 g/mol. The summed E-state index contributed by atoms with van der Waals surface area (Å²) in [5, 5.41) is 11.6. The number of carbonyl (C=O) groups is 1. The summed E-state index contributed by atoms with van der Waals surface area (Å²) < 4.78 is 36.8. The van der Waals surface area contributed by atoms with E-state index in [-0.39, 0.29) is 35.7 Å². The number of benzene rings is 1. The standard InChI is InChI=1S/C14H19FN2O4S/c15-12-1-3-13(4-2-12)22(20,21)8-6-16-14(19)17-7-5-11(9-17)10-18/h1-4,11,18H,5-10H2,(H,16,19). The maximum absolute atomic E-state index is 12.8. The molecular formula is C14H19FN2O4S. The topological polar surface area (TPSA) is 86.7 Å². The summed E-state index contributed by atoms with van der Waals surface area (Å²) in [7, 11) is -3.55. The third-order valence-electron chi connectivity index (χ3n) is 3.65. The zero-order valence-corrected chi connectivity index (χ0v) is 12.9. The molecule has 6 nitrogen and oxygen atoms in total. The first-order chi connectivity index (χ1) is 10.4. The lowest BCUT2D eigenvalue weighted by atomic mass is 10.1. The average Bonchev–Trinajstić information content (AvgIpc) is 2.96. The molecule has 122 valence electrons. The molecule has 1 atom stereocenters. The number of nitrogens with one attached hydrogen (secondary N) is 1. The van der Waals surface area contributed by atoms with Crippen LogP contribution in [0.25, 0.3) is 0 Å². The summed E-state index contributed by atoms with van der Waals surface area (Å²) >= 11 is 0. The molecule has 8 heteroatoms. The number of rotatable bonds is 5. The number of hydrogen-bond acceptors (Lipinski definition) is 4. The maximum Gasteiger partial charge on any atom is 0.317 e. The zero-order valence-electron chi connectivity index (χ0n) is 12.0. The third-order valence-corrected chi connectivity index (χ3v) is 5.38. The first kappa shape index (κ1) is 16.7. The van der Waals surface area contributed by atoms with Gasteiger partial charge >= 0.3 is 6.03 Å². The fraction of sp³-hybridized carbons (Fsp3) is 0.500. The molecule has 1 aliphatic rings. The van der Waals surface area contributed by atoms with Crippen LogP contribution in [0.15, 0.2) is 29.2 Å². The van der Waals surface area contributed by atoms with Crippen molar-refractivity contribution in [2.24, 2.45) is 5.92 Å². The van der Waals surface area contributed by atoms with Gasteiger partial charge in [0.25, 0.3) is 0 Å². The molecule has 1 unspecified atom stereocenters. The van der Waals surface area contributed by atoms with Gasteiger partial charge < -0.3 is 15.3 Å². The Bertz CT molecular complexity index is 618. The highest BCUT2D eigenvalue weighted by Gasteiger charge is 2.25. The SMILES string of the molecule is O=C(NCCS(=O)(=O)c1ccc(F)cc1)N1CCC(CO)C1. The molecule has 2 rings (SSSR count). The number of nitrogens with zero attached hydrogens (tertiary/aromatic N) is 1. The van der Waals surface area contributed by atoms with Gasteiger partial charge in [0.2, 0.25) is 0 Å². The van der Waals surface area contributed by atoms with E-state index in [1.807, 2.05) is 0 Å². The molecule has 1 heterocycles. The molecular weight excluding hydrogens is 311 g/mol. The quantitative estimate of drug-likeness (QED) is 0.775. The molecule has 0 aliphatic carbocycles. The van der Waals surface area contributed by atoms with E-state index in [0.717, 1.165) is 18.6 Å². The van der Waals surface area contributed by atoms with E-state index in [2.05, 4.69) is 5.32 Å². The Morgan fingerprint density at radius 2 is 2.05 bits per heavy atom. The highest BCUT2D eigenvalue weighted by atomic mass is 32.2. The van der Waals surface area contributed by atoms with Gasteiger partial charge in [0.15, 0.2) is 9.84 Å². The van der Waals surface area contributed by atoms with Crippen molar-refractivity contribution >= 4 is 15.9 Å². The summed E-state index contributed by atoms with van der Waals surface area (Å²) in [6.07, 6.45) is 0.748. The number of hydrogen-bond donors (Lipinski definition) is 2. The van der Waals surface area contributed by atoms with Gasteiger partial charge in [0.05, 0.1) is 10.6 Å². The largest absolute Gasteiger partial charge is 0.396 e. The van der Waals surface area contributed by atoms with Gasteiger partial charge in [0, 0.05) is 32.2 Å². The van der Waals surface area contributed by atoms with Gasteiger partial charge in [0.1, 0.15) is 5.82 Å². The second-order valence-corrected chi connectivity index (χ2v) is 7.40. The van der Waals surface area contributed by atoms with Crippen LogP contribution in [0, 0.1) is 11.7 Å². The molecule has 22 heavy (non-hydrogen) atoms. The Labute approximate surface area is 128 Å². The van der Waals surface area contributed by atoms with Gasteiger partial charge in [-0.15, -0.1) is 0 Å². The molecule has 0 bridgehead atoms. The normalized spacial score (nSPS) is 18.5. The van der Waals surface area contributed by atoms with E-state index in [4.69, 9.17) is 5.11 Å². The molecule has 2 amide bonds. The van der Waals surface area contributed by atoms with E-state index in [1.165, 1.54) is 12.1 Å². The van der Waals surface area contributed by atoms with Crippen molar-refractivity contribution in [2.45, 2.75) is 11.3 Å². The van der Waals surface area contributed by atoms with Gasteiger partial charge in [-0.1, -0.05) is 0 Å². The van der Waals surface area contributed by atoms with Crippen LogP contribution in [0.1, 0.15) is 6.42 Å². The van der Waals surface area contributed by atoms with Crippen molar-refractivity contribution in [3.05, 3.63) is 30.1 Å². The minimum atomic E-state index is -3.55. The van der Waals surface area contributed by atoms with Crippen LogP contribution in [-0.2, 0) is 9.84 Å². The predicted molar refractivity (Wildman–Crippen MR) is 78.6 cm³/mol. The summed E-state index contributed by atoms with van der Waals surface area (Å²) in [5.41, 5.74) is 0. The van der Waals surface area contributed by atoms with Crippen molar-refractivity contribution < 1.29 is 22.7 Å². The lowest BCUT2D eigenvalue weighted by Gasteiger charge is -2.17. The lowest BCUT2D eigenvalue weighted by molar-refractivity contribution is 0.199. The minimum absolute atomic E-state index is 0.0150. The Hall–Kier alpha value is -1.67. The van der Waals surface area contributed by atoms with E-state index in [0.29, 0.717) is 13.1 Å². The van der Waals surface area contributed by atoms with Crippen LogP contribution < -0.4 is 5.32 Å². The first-order valence-corrected chi connectivity index (χ1v) is 8.69. The number of urea groups is 1. The van der Waals surface area contributed by atoms with Crippen LogP contribution in [0.4, 0.5) is 9.18 Å². The van der Waals surface area contributed by atoms with Crippen molar-refractivity contribution in [3.8, 4) is 0 Å². The molecule has 1 aromatic rings. The van der Waals surface area contributed by atoms with Crippen molar-refractivity contribution in [3.63, 3.8) is 0 Å². The van der Waals surface area contributed by atoms with Gasteiger partial charge in [-0.2, -0.15) is 0 Å². The Morgan fingerprint density at radius 1 is 1.36 bits per heavy atom. The van der Waals surface area contributed by atoms with E-state index >= 15 is 0 Å². The molecule has 0 aromatic heterocycles. The molecule has 1 aromatic carbocycles. The van der Waals surface area contributed by atoms with E-state index in [1.54, 1.807) is 4.90 Å². The number of sulfone groups is 1. The molecule has 2 N–H and O–H groups in total. The third kappa shape index (κ3) is 4.17. The Balaban J connectivity index is 1.83. The first-order valence-electron chi connectivity index (χ1n) is 7.04. The van der Waals surface area contributed by atoms with Gasteiger partial charge in [-0.05, 0) is 30.7 Å². The monoisotopic (exact) mass is 330 g/mol. The highest BCUT2D eigenvalue weighted by Crippen LogP contribution is 2.15. The lowest BCUT2D eigenvalue weighted by Crippen LogP contribution is -2.40. The van der Waals surface area contributed by atoms with Gasteiger partial charge in [-0.25, -0.2) is 17.6 Å².